The predicted molar refractivity (Wildman–Crippen MR) is 254 cm³/mol. The number of anilines is 4. The Morgan fingerprint density at radius 1 is 0.267 bits per heavy atom. The smallest absolute Gasteiger partial charge is 0.145 e. The summed E-state index contributed by atoms with van der Waals surface area (Å²) < 4.78 is 0. The van der Waals surface area contributed by atoms with Gasteiger partial charge >= 0.3 is 0 Å². The second-order valence-corrected chi connectivity index (χ2v) is 15.4. The van der Waals surface area contributed by atoms with Crippen molar-refractivity contribution in [3.05, 3.63) is 260 Å². The summed E-state index contributed by atoms with van der Waals surface area (Å²) in [5, 5.41) is 0. The fourth-order valence-corrected chi connectivity index (χ4v) is 8.75. The standard InChI is InChI=1S/C58H44N2/c1-5-15-44(16-6-1)49-25-33-54(34-26-49)59(55-35-27-50(28-36-55)45-17-7-2-8-18-45)58(42-41-48-23-13-14-24-53(48)43-58)60(56-37-29-51(30-38-56)46-19-9-3-10-20-46)57-39-31-52(32-40-57)47-21-11-4-12-22-47/h1-42H,43H2. The molecule has 2 nitrogen and oxygen atoms in total. The van der Waals surface area contributed by atoms with Crippen molar-refractivity contribution < 1.29 is 0 Å². The van der Waals surface area contributed by atoms with Crippen LogP contribution in [0.4, 0.5) is 22.7 Å². The molecule has 1 aliphatic carbocycles. The molecule has 0 radical (unpaired) electrons. The lowest BCUT2D eigenvalue weighted by Crippen LogP contribution is -2.59. The molecule has 9 aromatic rings. The normalized spacial score (nSPS) is 12.7. The van der Waals surface area contributed by atoms with Crippen molar-refractivity contribution in [2.75, 3.05) is 9.80 Å². The van der Waals surface area contributed by atoms with Crippen molar-refractivity contribution in [2.45, 2.75) is 12.1 Å². The second-order valence-electron chi connectivity index (χ2n) is 15.4. The van der Waals surface area contributed by atoms with E-state index in [1.807, 2.05) is 0 Å². The van der Waals surface area contributed by atoms with Crippen LogP contribution in [0, 0.1) is 0 Å². The molecule has 0 aromatic heterocycles. The highest BCUT2D eigenvalue weighted by Gasteiger charge is 2.45. The highest BCUT2D eigenvalue weighted by Crippen LogP contribution is 2.48. The van der Waals surface area contributed by atoms with Gasteiger partial charge in [-0.15, -0.1) is 0 Å². The quantitative estimate of drug-likeness (QED) is 0.128. The zero-order valence-electron chi connectivity index (χ0n) is 33.4. The Hall–Kier alpha value is -7.68. The summed E-state index contributed by atoms with van der Waals surface area (Å²) in [5.74, 6) is 0. The second kappa shape index (κ2) is 16.3. The first-order chi connectivity index (χ1) is 29.7. The van der Waals surface area contributed by atoms with Crippen LogP contribution < -0.4 is 9.80 Å². The van der Waals surface area contributed by atoms with Gasteiger partial charge in [0.25, 0.3) is 0 Å². The first kappa shape index (κ1) is 36.6. The van der Waals surface area contributed by atoms with E-state index in [-0.39, 0.29) is 0 Å². The van der Waals surface area contributed by atoms with Crippen molar-refractivity contribution >= 4 is 28.8 Å². The van der Waals surface area contributed by atoms with Gasteiger partial charge in [0, 0.05) is 29.2 Å². The number of nitrogens with zero attached hydrogens (tertiary/aromatic N) is 2. The molecule has 0 N–H and O–H groups in total. The Morgan fingerprint density at radius 3 is 0.850 bits per heavy atom. The first-order valence-corrected chi connectivity index (χ1v) is 20.7. The van der Waals surface area contributed by atoms with E-state index in [9.17, 15) is 0 Å². The maximum Gasteiger partial charge on any atom is 0.145 e. The zero-order valence-corrected chi connectivity index (χ0v) is 33.4. The lowest BCUT2D eigenvalue weighted by Gasteiger charge is -2.53. The molecule has 10 rings (SSSR count). The van der Waals surface area contributed by atoms with Gasteiger partial charge in [-0.05, 0) is 110 Å². The van der Waals surface area contributed by atoms with E-state index in [0.29, 0.717) is 0 Å². The SMILES string of the molecule is C1=CC(N(c2ccc(-c3ccccc3)cc2)c2ccc(-c3ccccc3)cc2)(N(c2ccc(-c3ccccc3)cc2)c2ccc(-c3ccccc3)cc2)Cc2ccccc21. The molecule has 0 aliphatic heterocycles. The van der Waals surface area contributed by atoms with Gasteiger partial charge in [-0.2, -0.15) is 0 Å². The minimum Gasteiger partial charge on any atom is -0.314 e. The molecule has 0 atom stereocenters. The average Bonchev–Trinajstić information content (AvgIpc) is 3.34. The third kappa shape index (κ3) is 7.21. The highest BCUT2D eigenvalue weighted by molar-refractivity contribution is 5.83. The van der Waals surface area contributed by atoms with E-state index in [0.717, 1.165) is 29.2 Å². The van der Waals surface area contributed by atoms with Crippen molar-refractivity contribution in [1.29, 1.82) is 0 Å². The van der Waals surface area contributed by atoms with Crippen LogP contribution in [0.15, 0.2) is 249 Å². The molecule has 1 aliphatic rings. The van der Waals surface area contributed by atoms with Crippen LogP contribution in [0.1, 0.15) is 11.1 Å². The molecule has 60 heavy (non-hydrogen) atoms. The summed E-state index contributed by atoms with van der Waals surface area (Å²) in [6, 6.07) is 87.8. The largest absolute Gasteiger partial charge is 0.314 e. The third-order valence-corrected chi connectivity index (χ3v) is 11.7. The van der Waals surface area contributed by atoms with Crippen LogP contribution in [0.3, 0.4) is 0 Å². The molecule has 0 saturated carbocycles. The zero-order chi connectivity index (χ0) is 40.1. The van der Waals surface area contributed by atoms with E-state index >= 15 is 0 Å². The maximum atomic E-state index is 2.55. The van der Waals surface area contributed by atoms with Gasteiger partial charge in [0.1, 0.15) is 5.66 Å². The van der Waals surface area contributed by atoms with Crippen LogP contribution >= 0.6 is 0 Å². The van der Waals surface area contributed by atoms with Gasteiger partial charge in [0.05, 0.1) is 0 Å². The first-order valence-electron chi connectivity index (χ1n) is 20.7. The lowest BCUT2D eigenvalue weighted by atomic mass is 9.85. The van der Waals surface area contributed by atoms with E-state index in [1.165, 1.54) is 55.6 Å². The minimum atomic E-state index is -0.737. The number of rotatable bonds is 10. The van der Waals surface area contributed by atoms with Crippen molar-refractivity contribution in [1.82, 2.24) is 0 Å². The minimum absolute atomic E-state index is 0.724. The van der Waals surface area contributed by atoms with E-state index in [4.69, 9.17) is 0 Å². The van der Waals surface area contributed by atoms with Crippen LogP contribution in [0.25, 0.3) is 50.6 Å². The summed E-state index contributed by atoms with van der Waals surface area (Å²) in [6.07, 6.45) is 5.48. The summed E-state index contributed by atoms with van der Waals surface area (Å²) in [4.78, 5) is 5.11. The number of fused-ring (bicyclic) bond motifs is 1. The predicted octanol–water partition coefficient (Wildman–Crippen LogP) is 15.3. The summed E-state index contributed by atoms with van der Waals surface area (Å²) in [7, 11) is 0. The number of hydrogen-bond donors (Lipinski definition) is 0. The van der Waals surface area contributed by atoms with Crippen molar-refractivity contribution in [3.8, 4) is 44.5 Å². The molecule has 0 saturated heterocycles. The Balaban J connectivity index is 1.20. The molecule has 0 bridgehead atoms. The van der Waals surface area contributed by atoms with Crippen molar-refractivity contribution in [2.24, 2.45) is 0 Å². The van der Waals surface area contributed by atoms with Crippen molar-refractivity contribution in [3.63, 3.8) is 0 Å². The van der Waals surface area contributed by atoms with Gasteiger partial charge in [-0.3, -0.25) is 0 Å². The molecular formula is C58H44N2. The molecule has 286 valence electrons. The number of hydrogen-bond acceptors (Lipinski definition) is 2. The molecule has 0 spiro atoms. The molecule has 9 aromatic carbocycles. The topological polar surface area (TPSA) is 6.48 Å². The van der Waals surface area contributed by atoms with E-state index in [1.54, 1.807) is 0 Å². The maximum absolute atomic E-state index is 2.55. The molecule has 0 heterocycles. The van der Waals surface area contributed by atoms with Crippen LogP contribution in [-0.4, -0.2) is 5.66 Å². The molecule has 2 heteroatoms. The van der Waals surface area contributed by atoms with E-state index < -0.39 is 5.66 Å². The van der Waals surface area contributed by atoms with Crippen LogP contribution in [-0.2, 0) is 6.42 Å². The highest BCUT2D eigenvalue weighted by atomic mass is 15.4. The summed E-state index contributed by atoms with van der Waals surface area (Å²) in [5.41, 5.74) is 15.7. The number of benzene rings is 9. The van der Waals surface area contributed by atoms with Crippen LogP contribution in [0.5, 0.6) is 0 Å². The van der Waals surface area contributed by atoms with Gasteiger partial charge in [-0.1, -0.05) is 200 Å². The van der Waals surface area contributed by atoms with Gasteiger partial charge in [-0.25, -0.2) is 0 Å². The Kier molecular flexibility index (Phi) is 9.95. The van der Waals surface area contributed by atoms with Gasteiger partial charge < -0.3 is 9.80 Å². The Morgan fingerprint density at radius 2 is 0.533 bits per heavy atom. The third-order valence-electron chi connectivity index (χ3n) is 11.7. The summed E-state index contributed by atoms with van der Waals surface area (Å²) in [6.45, 7) is 0. The lowest BCUT2D eigenvalue weighted by molar-refractivity contribution is 0.516. The Bertz CT molecular complexity index is 2500. The fraction of sp³-hybridized carbons (Fsp3) is 0.0345. The van der Waals surface area contributed by atoms with Crippen LogP contribution in [0.2, 0.25) is 0 Å². The molecule has 0 unspecified atom stereocenters. The molecular weight excluding hydrogens is 725 g/mol. The Labute approximate surface area is 353 Å². The van der Waals surface area contributed by atoms with E-state index in [2.05, 4.69) is 265 Å². The average molecular weight is 769 g/mol. The van der Waals surface area contributed by atoms with Gasteiger partial charge in [0.15, 0.2) is 0 Å². The fourth-order valence-electron chi connectivity index (χ4n) is 8.75. The monoisotopic (exact) mass is 768 g/mol. The molecule has 0 fully saturated rings. The molecule has 0 amide bonds. The summed E-state index contributed by atoms with van der Waals surface area (Å²) >= 11 is 0. The van der Waals surface area contributed by atoms with Gasteiger partial charge in [0.2, 0.25) is 0 Å².